The number of fused-ring (bicyclic) bond motifs is 1. The van der Waals surface area contributed by atoms with Crippen LogP contribution < -0.4 is 10.7 Å². The molecule has 0 radical (unpaired) electrons. The Morgan fingerprint density at radius 1 is 1.32 bits per heavy atom. The van der Waals surface area contributed by atoms with Crippen molar-refractivity contribution >= 4 is 28.7 Å². The van der Waals surface area contributed by atoms with Crippen LogP contribution in [-0.4, -0.2) is 71.1 Å². The van der Waals surface area contributed by atoms with E-state index in [0.717, 1.165) is 30.1 Å². The van der Waals surface area contributed by atoms with Crippen LogP contribution in [0.4, 0.5) is 18.9 Å². The molecule has 6 nitrogen and oxygen atoms in total. The van der Waals surface area contributed by atoms with Crippen molar-refractivity contribution in [3.8, 4) is 0 Å². The maximum Gasteiger partial charge on any atom is 0.401 e. The number of thiocarbonyl (C=S) groups is 1. The molecular formula is C15H19F3N6S. The van der Waals surface area contributed by atoms with E-state index in [1.165, 1.54) is 4.90 Å². The molecule has 136 valence electrons. The van der Waals surface area contributed by atoms with Gasteiger partial charge < -0.3 is 10.2 Å². The number of anilines is 1. The summed E-state index contributed by atoms with van der Waals surface area (Å²) in [6.07, 6.45) is -1.74. The normalized spacial score (nSPS) is 20.1. The Morgan fingerprint density at radius 3 is 2.80 bits per heavy atom. The molecule has 25 heavy (non-hydrogen) atoms. The Kier molecular flexibility index (Phi) is 5.38. The summed E-state index contributed by atoms with van der Waals surface area (Å²) in [6.45, 7) is 1.44. The fourth-order valence-corrected chi connectivity index (χ4v) is 3.10. The first-order chi connectivity index (χ1) is 11.9. The standard InChI is InChI=1S/C15H19F3N6S/c16-15(17,18)10-23-6-8-24(9-7-23)14(25)22-21-12-3-5-19-11-2-1-4-20-13(11)12/h1-2,4,19H,3,5-10H2,(H,22,25)/b21-12-. The largest absolute Gasteiger partial charge is 0.401 e. The fraction of sp³-hybridized carbons (Fsp3) is 0.533. The van der Waals surface area contributed by atoms with Gasteiger partial charge in [-0.05, 0) is 24.4 Å². The minimum Gasteiger partial charge on any atom is -0.383 e. The molecular weight excluding hydrogens is 353 g/mol. The van der Waals surface area contributed by atoms with Gasteiger partial charge in [-0.1, -0.05) is 0 Å². The maximum absolute atomic E-state index is 12.4. The third-order valence-electron chi connectivity index (χ3n) is 4.11. The van der Waals surface area contributed by atoms with E-state index in [1.807, 2.05) is 17.0 Å². The van der Waals surface area contributed by atoms with Crippen molar-refractivity contribution in [3.63, 3.8) is 0 Å². The van der Waals surface area contributed by atoms with Crippen molar-refractivity contribution in [2.24, 2.45) is 5.10 Å². The van der Waals surface area contributed by atoms with Gasteiger partial charge >= 0.3 is 6.18 Å². The van der Waals surface area contributed by atoms with Crippen LogP contribution in [0, 0.1) is 0 Å². The third-order valence-corrected chi connectivity index (χ3v) is 4.46. The zero-order valence-electron chi connectivity index (χ0n) is 13.5. The number of nitrogens with one attached hydrogen (secondary N) is 2. The minimum absolute atomic E-state index is 0.326. The van der Waals surface area contributed by atoms with Crippen LogP contribution >= 0.6 is 12.2 Å². The van der Waals surface area contributed by atoms with E-state index in [4.69, 9.17) is 12.2 Å². The number of piperazine rings is 1. The van der Waals surface area contributed by atoms with Crippen LogP contribution in [0.1, 0.15) is 12.1 Å². The summed E-state index contributed by atoms with van der Waals surface area (Å²) in [4.78, 5) is 7.56. The van der Waals surface area contributed by atoms with Gasteiger partial charge in [0.25, 0.3) is 0 Å². The first kappa shape index (κ1) is 17.9. The number of halogens is 3. The minimum atomic E-state index is -4.16. The monoisotopic (exact) mass is 372 g/mol. The van der Waals surface area contributed by atoms with Gasteiger partial charge in [-0.2, -0.15) is 18.3 Å². The number of alkyl halides is 3. The molecule has 2 aliphatic heterocycles. The number of rotatable bonds is 2. The highest BCUT2D eigenvalue weighted by Gasteiger charge is 2.32. The second-order valence-corrected chi connectivity index (χ2v) is 6.32. The van der Waals surface area contributed by atoms with Crippen LogP contribution in [0.25, 0.3) is 0 Å². The Morgan fingerprint density at radius 2 is 2.08 bits per heavy atom. The molecule has 1 fully saturated rings. The van der Waals surface area contributed by atoms with E-state index in [2.05, 4.69) is 20.8 Å². The molecule has 1 aromatic rings. The van der Waals surface area contributed by atoms with E-state index in [0.29, 0.717) is 31.3 Å². The lowest BCUT2D eigenvalue weighted by molar-refractivity contribution is -0.148. The lowest BCUT2D eigenvalue weighted by Gasteiger charge is -2.35. The van der Waals surface area contributed by atoms with Crippen molar-refractivity contribution in [1.29, 1.82) is 0 Å². The van der Waals surface area contributed by atoms with E-state index in [9.17, 15) is 13.2 Å². The van der Waals surface area contributed by atoms with Crippen LogP contribution in [0.5, 0.6) is 0 Å². The Labute approximate surface area is 149 Å². The summed E-state index contributed by atoms with van der Waals surface area (Å²) < 4.78 is 37.3. The maximum atomic E-state index is 12.4. The molecule has 0 saturated carbocycles. The number of pyridine rings is 1. The second-order valence-electron chi connectivity index (χ2n) is 5.93. The zero-order chi connectivity index (χ0) is 17.9. The van der Waals surface area contributed by atoms with E-state index in [-0.39, 0.29) is 0 Å². The van der Waals surface area contributed by atoms with E-state index in [1.54, 1.807) is 6.20 Å². The number of hydrogen-bond acceptors (Lipinski definition) is 5. The van der Waals surface area contributed by atoms with Gasteiger partial charge in [0.1, 0.15) is 5.69 Å². The summed E-state index contributed by atoms with van der Waals surface area (Å²) in [6, 6.07) is 3.79. The first-order valence-electron chi connectivity index (χ1n) is 8.02. The van der Waals surface area contributed by atoms with Gasteiger partial charge in [0, 0.05) is 45.3 Å². The molecule has 0 unspecified atom stereocenters. The highest BCUT2D eigenvalue weighted by atomic mass is 32.1. The number of nitrogens with zero attached hydrogens (tertiary/aromatic N) is 4. The van der Waals surface area contributed by atoms with E-state index >= 15 is 0 Å². The summed E-state index contributed by atoms with van der Waals surface area (Å²) >= 11 is 5.32. The van der Waals surface area contributed by atoms with Gasteiger partial charge in [-0.15, -0.1) is 0 Å². The molecule has 10 heteroatoms. The van der Waals surface area contributed by atoms with Gasteiger partial charge in [0.05, 0.1) is 17.9 Å². The fourth-order valence-electron chi connectivity index (χ4n) is 2.87. The molecule has 1 aromatic heterocycles. The first-order valence-corrected chi connectivity index (χ1v) is 8.43. The predicted octanol–water partition coefficient (Wildman–Crippen LogP) is 1.66. The molecule has 2 N–H and O–H groups in total. The highest BCUT2D eigenvalue weighted by Crippen LogP contribution is 2.19. The van der Waals surface area contributed by atoms with Gasteiger partial charge in [-0.25, -0.2) is 0 Å². The van der Waals surface area contributed by atoms with E-state index < -0.39 is 12.7 Å². The predicted molar refractivity (Wildman–Crippen MR) is 93.7 cm³/mol. The molecule has 0 aliphatic carbocycles. The number of hydrogen-bond donors (Lipinski definition) is 2. The van der Waals surface area contributed by atoms with Crippen molar-refractivity contribution < 1.29 is 13.2 Å². The molecule has 0 atom stereocenters. The highest BCUT2D eigenvalue weighted by molar-refractivity contribution is 7.80. The molecule has 3 heterocycles. The van der Waals surface area contributed by atoms with Crippen molar-refractivity contribution in [2.75, 3.05) is 44.6 Å². The third kappa shape index (κ3) is 4.79. The van der Waals surface area contributed by atoms with Gasteiger partial charge in [0.15, 0.2) is 5.11 Å². The van der Waals surface area contributed by atoms with Crippen LogP contribution in [0.2, 0.25) is 0 Å². The van der Waals surface area contributed by atoms with Crippen LogP contribution in [0.3, 0.4) is 0 Å². The Balaban J connectivity index is 1.54. The van der Waals surface area contributed by atoms with Gasteiger partial charge in [-0.3, -0.25) is 15.3 Å². The molecule has 0 bridgehead atoms. The second kappa shape index (κ2) is 7.52. The van der Waals surface area contributed by atoms with Gasteiger partial charge in [0.2, 0.25) is 0 Å². The summed E-state index contributed by atoms with van der Waals surface area (Å²) in [5.74, 6) is 0. The Bertz CT molecular complexity index is 655. The van der Waals surface area contributed by atoms with Crippen molar-refractivity contribution in [1.82, 2.24) is 20.2 Å². The average Bonchev–Trinajstić information content (AvgIpc) is 2.59. The SMILES string of the molecule is FC(F)(F)CN1CCN(C(=S)N/N=C2/CCNc3cccnc32)CC1. The molecule has 0 spiro atoms. The van der Waals surface area contributed by atoms with Crippen molar-refractivity contribution in [3.05, 3.63) is 24.0 Å². The number of hydrazone groups is 1. The molecule has 1 saturated heterocycles. The summed E-state index contributed by atoms with van der Waals surface area (Å²) in [5, 5.41) is 8.05. The summed E-state index contributed by atoms with van der Waals surface area (Å²) in [5.41, 5.74) is 5.40. The summed E-state index contributed by atoms with van der Waals surface area (Å²) in [7, 11) is 0. The topological polar surface area (TPSA) is 55.8 Å². The van der Waals surface area contributed by atoms with Crippen LogP contribution in [-0.2, 0) is 0 Å². The van der Waals surface area contributed by atoms with Crippen LogP contribution in [0.15, 0.2) is 23.4 Å². The van der Waals surface area contributed by atoms with Crippen molar-refractivity contribution in [2.45, 2.75) is 12.6 Å². The lowest BCUT2D eigenvalue weighted by Crippen LogP contribution is -2.52. The quantitative estimate of drug-likeness (QED) is 0.608. The number of aromatic nitrogens is 1. The molecule has 2 aliphatic rings. The zero-order valence-corrected chi connectivity index (χ0v) is 14.3. The smallest absolute Gasteiger partial charge is 0.383 e. The molecule has 0 aromatic carbocycles. The average molecular weight is 372 g/mol. The molecule has 3 rings (SSSR count). The molecule has 0 amide bonds. The Hall–Kier alpha value is -1.94. The lowest BCUT2D eigenvalue weighted by atomic mass is 10.1.